The molecule has 0 radical (unpaired) electrons. The lowest BCUT2D eigenvalue weighted by Crippen LogP contribution is -2.24. The minimum absolute atomic E-state index is 0.0526. The molecule has 0 spiro atoms. The molecule has 0 fully saturated rings. The molecule has 1 heterocycles. The Labute approximate surface area is 200 Å². The molecule has 1 amide bonds. The summed E-state index contributed by atoms with van der Waals surface area (Å²) in [7, 11) is 0. The number of rotatable bonds is 8. The van der Waals surface area contributed by atoms with E-state index in [0.717, 1.165) is 11.1 Å². The van der Waals surface area contributed by atoms with Crippen LogP contribution in [0.15, 0.2) is 83.8 Å². The largest absolute Gasteiger partial charge is 0.453 e. The molecule has 35 heavy (non-hydrogen) atoms. The maximum Gasteiger partial charge on any atom is 0.299 e. The van der Waals surface area contributed by atoms with Gasteiger partial charge in [0.2, 0.25) is 0 Å². The van der Waals surface area contributed by atoms with Gasteiger partial charge >= 0.3 is 0 Å². The average molecular weight is 476 g/mol. The summed E-state index contributed by atoms with van der Waals surface area (Å²) in [5.41, 5.74) is 0.855. The highest BCUT2D eigenvalue weighted by atomic mass is 19.1. The fraction of sp³-hybridized carbons (Fsp3) is 0.115. The Kier molecular flexibility index (Phi) is 7.15. The molecular formula is C26H22F2N4O3. The zero-order valence-corrected chi connectivity index (χ0v) is 18.8. The van der Waals surface area contributed by atoms with Gasteiger partial charge in [-0.25, -0.2) is 8.78 Å². The number of amides is 1. The van der Waals surface area contributed by atoms with Crippen molar-refractivity contribution in [3.63, 3.8) is 0 Å². The van der Waals surface area contributed by atoms with E-state index in [4.69, 9.17) is 4.74 Å². The zero-order valence-electron chi connectivity index (χ0n) is 18.8. The first-order valence-electron chi connectivity index (χ1n) is 10.9. The molecule has 4 aromatic rings. The molecule has 2 N–H and O–H groups in total. The number of hydrogen-bond acceptors (Lipinski definition) is 5. The van der Waals surface area contributed by atoms with Crippen LogP contribution in [0.4, 0.5) is 20.2 Å². The lowest BCUT2D eigenvalue weighted by Gasteiger charge is -2.15. The van der Waals surface area contributed by atoms with E-state index in [9.17, 15) is 18.4 Å². The van der Waals surface area contributed by atoms with Crippen LogP contribution in [0.2, 0.25) is 0 Å². The number of carbonyl (C=O) groups is 1. The molecule has 9 heteroatoms. The Balaban J connectivity index is 1.69. The molecule has 0 unspecified atom stereocenters. The predicted octanol–water partition coefficient (Wildman–Crippen LogP) is 5.19. The summed E-state index contributed by atoms with van der Waals surface area (Å²) in [5, 5.41) is 9.98. The van der Waals surface area contributed by atoms with Crippen LogP contribution in [0.3, 0.4) is 0 Å². The second-order valence-electron chi connectivity index (χ2n) is 7.59. The Morgan fingerprint density at radius 3 is 2.20 bits per heavy atom. The van der Waals surface area contributed by atoms with Crippen LogP contribution in [0, 0.1) is 11.6 Å². The van der Waals surface area contributed by atoms with Gasteiger partial charge in [0.05, 0.1) is 11.9 Å². The Morgan fingerprint density at radius 1 is 0.943 bits per heavy atom. The molecule has 0 saturated heterocycles. The van der Waals surface area contributed by atoms with Crippen molar-refractivity contribution >= 4 is 17.3 Å². The van der Waals surface area contributed by atoms with E-state index in [1.54, 1.807) is 24.3 Å². The molecule has 4 rings (SSSR count). The fourth-order valence-electron chi connectivity index (χ4n) is 3.22. The highest BCUT2D eigenvalue weighted by molar-refractivity contribution is 5.94. The third-order valence-electron chi connectivity index (χ3n) is 5.01. The summed E-state index contributed by atoms with van der Waals surface area (Å²) in [6.45, 7) is 2.54. The van der Waals surface area contributed by atoms with Crippen LogP contribution < -0.4 is 20.9 Å². The van der Waals surface area contributed by atoms with Crippen molar-refractivity contribution in [2.45, 2.75) is 13.3 Å². The number of benzene rings is 3. The minimum Gasteiger partial charge on any atom is -0.453 e. The highest BCUT2D eigenvalue weighted by Crippen LogP contribution is 2.29. The molecular weight excluding hydrogens is 454 g/mol. The Morgan fingerprint density at radius 2 is 1.57 bits per heavy atom. The summed E-state index contributed by atoms with van der Waals surface area (Å²) < 4.78 is 33.6. The average Bonchev–Trinajstić information content (AvgIpc) is 2.87. The molecule has 0 atom stereocenters. The van der Waals surface area contributed by atoms with Gasteiger partial charge in [-0.1, -0.05) is 6.92 Å². The predicted molar refractivity (Wildman–Crippen MR) is 129 cm³/mol. The molecule has 0 aliphatic carbocycles. The smallest absolute Gasteiger partial charge is 0.299 e. The zero-order chi connectivity index (χ0) is 24.8. The number of nitrogens with zero attached hydrogens (tertiary/aromatic N) is 2. The van der Waals surface area contributed by atoms with Crippen molar-refractivity contribution < 1.29 is 18.3 Å². The Bertz CT molecular complexity index is 1370. The van der Waals surface area contributed by atoms with Crippen molar-refractivity contribution in [1.29, 1.82) is 0 Å². The van der Waals surface area contributed by atoms with Gasteiger partial charge in [-0.3, -0.25) is 9.59 Å². The van der Waals surface area contributed by atoms with Gasteiger partial charge in [0, 0.05) is 17.8 Å². The van der Waals surface area contributed by atoms with E-state index in [1.807, 2.05) is 6.92 Å². The van der Waals surface area contributed by atoms with Gasteiger partial charge in [-0.15, -0.1) is 0 Å². The first-order chi connectivity index (χ1) is 16.9. The SMILES string of the molecule is CCCNC(=O)c1ccc(Nc2c(Oc3ccc(F)cc3)cnn(-c3ccc(F)cc3)c2=O)cc1. The molecule has 1 aromatic heterocycles. The van der Waals surface area contributed by atoms with E-state index < -0.39 is 17.2 Å². The van der Waals surface area contributed by atoms with Crippen molar-refractivity contribution in [3.05, 3.63) is 107 Å². The maximum absolute atomic E-state index is 13.4. The van der Waals surface area contributed by atoms with Gasteiger partial charge in [-0.2, -0.15) is 9.78 Å². The van der Waals surface area contributed by atoms with Crippen LogP contribution >= 0.6 is 0 Å². The second-order valence-corrected chi connectivity index (χ2v) is 7.59. The van der Waals surface area contributed by atoms with Crippen LogP contribution in [0.25, 0.3) is 5.69 Å². The van der Waals surface area contributed by atoms with Crippen LogP contribution in [0.5, 0.6) is 11.5 Å². The molecule has 7 nitrogen and oxygen atoms in total. The second kappa shape index (κ2) is 10.6. The number of aromatic nitrogens is 2. The number of hydrogen-bond donors (Lipinski definition) is 2. The summed E-state index contributed by atoms with van der Waals surface area (Å²) >= 11 is 0. The van der Waals surface area contributed by atoms with Crippen molar-refractivity contribution in [1.82, 2.24) is 15.1 Å². The quantitative estimate of drug-likeness (QED) is 0.366. The third-order valence-corrected chi connectivity index (χ3v) is 5.01. The van der Waals surface area contributed by atoms with Crippen LogP contribution in [-0.2, 0) is 0 Å². The number of carbonyl (C=O) groups excluding carboxylic acids is 1. The number of halogens is 2. The third kappa shape index (κ3) is 5.70. The fourth-order valence-corrected chi connectivity index (χ4v) is 3.22. The van der Waals surface area contributed by atoms with Crippen LogP contribution in [-0.4, -0.2) is 22.2 Å². The molecule has 178 valence electrons. The monoisotopic (exact) mass is 476 g/mol. The van der Waals surface area contributed by atoms with E-state index in [0.29, 0.717) is 29.2 Å². The molecule has 3 aromatic carbocycles. The summed E-state index contributed by atoms with van der Waals surface area (Å²) in [5.74, 6) is -0.660. The molecule has 0 aliphatic rings. The van der Waals surface area contributed by atoms with E-state index in [-0.39, 0.29) is 17.3 Å². The summed E-state index contributed by atoms with van der Waals surface area (Å²) in [6, 6.07) is 17.2. The lowest BCUT2D eigenvalue weighted by atomic mass is 10.2. The number of ether oxygens (including phenoxy) is 1. The van der Waals surface area contributed by atoms with Gasteiger partial charge in [0.1, 0.15) is 17.4 Å². The highest BCUT2D eigenvalue weighted by Gasteiger charge is 2.16. The maximum atomic E-state index is 13.4. The normalized spacial score (nSPS) is 10.6. The lowest BCUT2D eigenvalue weighted by molar-refractivity contribution is 0.0953. The minimum atomic E-state index is -0.555. The summed E-state index contributed by atoms with van der Waals surface area (Å²) in [4.78, 5) is 25.5. The van der Waals surface area contributed by atoms with Crippen LogP contribution in [0.1, 0.15) is 23.7 Å². The first kappa shape index (κ1) is 23.6. The number of nitrogens with one attached hydrogen (secondary N) is 2. The van der Waals surface area contributed by atoms with Gasteiger partial charge in [-0.05, 0) is 79.2 Å². The first-order valence-corrected chi connectivity index (χ1v) is 10.9. The topological polar surface area (TPSA) is 85.2 Å². The van der Waals surface area contributed by atoms with E-state index >= 15 is 0 Å². The van der Waals surface area contributed by atoms with Crippen molar-refractivity contribution in [2.75, 3.05) is 11.9 Å². The Hall–Kier alpha value is -4.53. The molecule has 0 bridgehead atoms. The molecule has 0 saturated carbocycles. The standard InChI is InChI=1S/C26H22F2N4O3/c1-2-15-29-25(33)17-3-9-20(10-4-17)31-24-23(35-22-13-7-19(28)8-14-22)16-30-32(26(24)34)21-11-5-18(27)6-12-21/h3-14,16,31H,2,15H2,1H3,(H,29,33). The van der Waals surface area contributed by atoms with Crippen molar-refractivity contribution in [3.8, 4) is 17.2 Å². The van der Waals surface area contributed by atoms with E-state index in [2.05, 4.69) is 15.7 Å². The number of anilines is 2. The van der Waals surface area contributed by atoms with Crippen molar-refractivity contribution in [2.24, 2.45) is 0 Å². The van der Waals surface area contributed by atoms with E-state index in [1.165, 1.54) is 54.7 Å². The van der Waals surface area contributed by atoms with Gasteiger partial charge < -0.3 is 15.4 Å². The van der Waals surface area contributed by atoms with Gasteiger partial charge in [0.25, 0.3) is 11.5 Å². The molecule has 0 aliphatic heterocycles. The summed E-state index contributed by atoms with van der Waals surface area (Å²) in [6.07, 6.45) is 2.16. The van der Waals surface area contributed by atoms with Gasteiger partial charge in [0.15, 0.2) is 11.4 Å².